The number of amidine groups is 1. The highest BCUT2D eigenvalue weighted by Crippen LogP contribution is 2.02. The summed E-state index contributed by atoms with van der Waals surface area (Å²) in [7, 11) is 0. The fourth-order valence-corrected chi connectivity index (χ4v) is 1.52. The monoisotopic (exact) mass is 194 g/mol. The maximum Gasteiger partial charge on any atom is 0.137 e. The Labute approximate surface area is 82.0 Å². The van der Waals surface area contributed by atoms with Crippen molar-refractivity contribution in [1.29, 1.82) is 0 Å². The van der Waals surface area contributed by atoms with Crippen LogP contribution in [0, 0.1) is 0 Å². The van der Waals surface area contributed by atoms with E-state index >= 15 is 0 Å². The Morgan fingerprint density at radius 1 is 1.71 bits per heavy atom. The van der Waals surface area contributed by atoms with Crippen molar-refractivity contribution in [3.8, 4) is 0 Å². The molecule has 6 nitrogen and oxygen atoms in total. The van der Waals surface area contributed by atoms with Crippen molar-refractivity contribution in [3.63, 3.8) is 0 Å². The van der Waals surface area contributed by atoms with Crippen LogP contribution in [0.5, 0.6) is 0 Å². The normalized spacial score (nSPS) is 22.9. The van der Waals surface area contributed by atoms with Crippen LogP contribution in [0.2, 0.25) is 0 Å². The Bertz CT molecular complexity index is 298. The van der Waals surface area contributed by atoms with Gasteiger partial charge in [-0.2, -0.15) is 5.10 Å². The zero-order valence-corrected chi connectivity index (χ0v) is 7.90. The molecule has 1 fully saturated rings. The highest BCUT2D eigenvalue weighted by Gasteiger charge is 2.13. The molecule has 1 aliphatic heterocycles. The molecular weight excluding hydrogens is 180 g/mol. The number of nitrogens with two attached hydrogens (primary N) is 1. The summed E-state index contributed by atoms with van der Waals surface area (Å²) in [5.74, 6) is 1.38. The van der Waals surface area contributed by atoms with E-state index in [1.54, 1.807) is 0 Å². The molecule has 0 unspecified atom stereocenters. The molecule has 14 heavy (non-hydrogen) atoms. The Hall–Kier alpha value is -1.43. The molecule has 1 atom stereocenters. The zero-order chi connectivity index (χ0) is 9.80. The molecule has 6 heteroatoms. The number of aromatic amines is 1. The van der Waals surface area contributed by atoms with Crippen molar-refractivity contribution in [2.75, 3.05) is 13.1 Å². The van der Waals surface area contributed by atoms with Crippen molar-refractivity contribution in [1.82, 2.24) is 20.5 Å². The molecule has 1 aliphatic rings. The fourth-order valence-electron chi connectivity index (χ4n) is 1.52. The van der Waals surface area contributed by atoms with Gasteiger partial charge in [0, 0.05) is 6.54 Å². The zero-order valence-electron chi connectivity index (χ0n) is 7.90. The van der Waals surface area contributed by atoms with Crippen LogP contribution >= 0.6 is 0 Å². The van der Waals surface area contributed by atoms with Gasteiger partial charge >= 0.3 is 0 Å². The van der Waals surface area contributed by atoms with Gasteiger partial charge in [0.2, 0.25) is 0 Å². The third-order valence-electron chi connectivity index (χ3n) is 2.20. The van der Waals surface area contributed by atoms with E-state index in [9.17, 15) is 0 Å². The molecule has 0 amide bonds. The van der Waals surface area contributed by atoms with Crippen LogP contribution in [0.3, 0.4) is 0 Å². The van der Waals surface area contributed by atoms with Crippen molar-refractivity contribution in [2.45, 2.75) is 18.9 Å². The maximum absolute atomic E-state index is 5.78. The van der Waals surface area contributed by atoms with E-state index in [0.717, 1.165) is 25.3 Å². The second-order valence-electron chi connectivity index (χ2n) is 3.38. The first kappa shape index (κ1) is 9.14. The summed E-state index contributed by atoms with van der Waals surface area (Å²) in [5.41, 5.74) is 5.78. The number of nitrogens with zero attached hydrogens (tertiary/aromatic N) is 3. The van der Waals surface area contributed by atoms with Gasteiger partial charge in [-0.25, -0.2) is 4.98 Å². The number of nitrogens with one attached hydrogen (secondary N) is 2. The van der Waals surface area contributed by atoms with Crippen LogP contribution in [-0.4, -0.2) is 40.1 Å². The molecule has 2 heterocycles. The third-order valence-corrected chi connectivity index (χ3v) is 2.20. The molecule has 76 valence electrons. The van der Waals surface area contributed by atoms with Crippen molar-refractivity contribution < 1.29 is 0 Å². The molecule has 2 rings (SSSR count). The number of hydrogen-bond donors (Lipinski definition) is 3. The first-order valence-electron chi connectivity index (χ1n) is 4.71. The number of rotatable bonds is 3. The summed E-state index contributed by atoms with van der Waals surface area (Å²) in [5, 5.41) is 9.74. The Kier molecular flexibility index (Phi) is 2.73. The van der Waals surface area contributed by atoms with E-state index < -0.39 is 0 Å². The smallest absolute Gasteiger partial charge is 0.137 e. The first-order valence-corrected chi connectivity index (χ1v) is 4.71. The van der Waals surface area contributed by atoms with E-state index in [1.807, 2.05) is 0 Å². The van der Waals surface area contributed by atoms with Crippen molar-refractivity contribution >= 4 is 5.84 Å². The van der Waals surface area contributed by atoms with Gasteiger partial charge < -0.3 is 11.1 Å². The Morgan fingerprint density at radius 2 is 2.64 bits per heavy atom. The predicted octanol–water partition coefficient (Wildman–Crippen LogP) is -0.934. The van der Waals surface area contributed by atoms with Crippen LogP contribution in [0.15, 0.2) is 11.3 Å². The minimum absolute atomic E-state index is 0.331. The average Bonchev–Trinajstić information content (AvgIpc) is 2.76. The van der Waals surface area contributed by atoms with Crippen molar-refractivity contribution in [3.05, 3.63) is 12.2 Å². The van der Waals surface area contributed by atoms with E-state index in [-0.39, 0.29) is 0 Å². The van der Waals surface area contributed by atoms with Gasteiger partial charge in [-0.1, -0.05) is 0 Å². The van der Waals surface area contributed by atoms with Crippen molar-refractivity contribution in [2.24, 2.45) is 10.7 Å². The summed E-state index contributed by atoms with van der Waals surface area (Å²) in [6, 6.07) is 0.331. The second-order valence-corrected chi connectivity index (χ2v) is 3.38. The Balaban J connectivity index is 1.91. The first-order chi connectivity index (χ1) is 6.84. The highest BCUT2D eigenvalue weighted by molar-refractivity contribution is 5.82. The predicted molar refractivity (Wildman–Crippen MR) is 53.0 cm³/mol. The van der Waals surface area contributed by atoms with E-state index in [1.165, 1.54) is 6.33 Å². The van der Waals surface area contributed by atoms with Crippen LogP contribution < -0.4 is 11.1 Å². The van der Waals surface area contributed by atoms with Gasteiger partial charge in [0.25, 0.3) is 0 Å². The lowest BCUT2D eigenvalue weighted by Gasteiger charge is -2.03. The lowest BCUT2D eigenvalue weighted by atomic mass is 10.2. The summed E-state index contributed by atoms with van der Waals surface area (Å²) < 4.78 is 0. The lowest BCUT2D eigenvalue weighted by molar-refractivity contribution is 0.739. The van der Waals surface area contributed by atoms with E-state index in [2.05, 4.69) is 25.5 Å². The minimum Gasteiger partial charge on any atom is -0.387 e. The van der Waals surface area contributed by atoms with Gasteiger partial charge in [0.15, 0.2) is 0 Å². The topological polar surface area (TPSA) is 92.0 Å². The molecule has 0 spiro atoms. The lowest BCUT2D eigenvalue weighted by Crippen LogP contribution is -2.21. The molecular formula is C8H14N6. The number of hydrogen-bond acceptors (Lipinski definition) is 4. The SMILES string of the molecule is NC(Cc1ncn[nH]1)=N[C@@H]1CCNC1. The highest BCUT2D eigenvalue weighted by atomic mass is 15.2. The molecule has 0 aromatic carbocycles. The van der Waals surface area contributed by atoms with Gasteiger partial charge in [-0.15, -0.1) is 0 Å². The van der Waals surface area contributed by atoms with Gasteiger partial charge in [-0.3, -0.25) is 10.1 Å². The van der Waals surface area contributed by atoms with Crippen LogP contribution in [0.4, 0.5) is 0 Å². The minimum atomic E-state index is 0.331. The number of H-pyrrole nitrogens is 1. The van der Waals surface area contributed by atoms with Gasteiger partial charge in [-0.05, 0) is 13.0 Å². The molecule has 4 N–H and O–H groups in total. The molecule has 0 aliphatic carbocycles. The van der Waals surface area contributed by atoms with Crippen LogP contribution in [-0.2, 0) is 6.42 Å². The molecule has 0 bridgehead atoms. The Morgan fingerprint density at radius 3 is 3.29 bits per heavy atom. The second kappa shape index (κ2) is 4.19. The maximum atomic E-state index is 5.78. The van der Waals surface area contributed by atoms with Gasteiger partial charge in [0.05, 0.1) is 12.5 Å². The number of aromatic nitrogens is 3. The van der Waals surface area contributed by atoms with Gasteiger partial charge in [0.1, 0.15) is 18.0 Å². The molecule has 0 radical (unpaired) electrons. The van der Waals surface area contributed by atoms with E-state index in [4.69, 9.17) is 5.73 Å². The summed E-state index contributed by atoms with van der Waals surface area (Å²) in [6.07, 6.45) is 3.09. The quantitative estimate of drug-likeness (QED) is 0.428. The summed E-state index contributed by atoms with van der Waals surface area (Å²) >= 11 is 0. The summed E-state index contributed by atoms with van der Waals surface area (Å²) in [6.45, 7) is 1.96. The third kappa shape index (κ3) is 2.29. The van der Waals surface area contributed by atoms with Crippen LogP contribution in [0.25, 0.3) is 0 Å². The fraction of sp³-hybridized carbons (Fsp3) is 0.625. The van der Waals surface area contributed by atoms with Crippen LogP contribution in [0.1, 0.15) is 12.2 Å². The number of aliphatic imine (C=N–C) groups is 1. The molecule has 0 saturated carbocycles. The molecule has 1 aromatic heterocycles. The largest absolute Gasteiger partial charge is 0.387 e. The summed E-state index contributed by atoms with van der Waals surface area (Å²) in [4.78, 5) is 8.38. The molecule has 1 aromatic rings. The molecule has 1 saturated heterocycles. The average molecular weight is 194 g/mol. The standard InChI is InChI=1S/C8H14N6/c9-7(3-8-11-5-12-14-8)13-6-1-2-10-4-6/h5-6,10H,1-4H2,(H2,9,13)(H,11,12,14)/t6-/m1/s1. The van der Waals surface area contributed by atoms with E-state index in [0.29, 0.717) is 18.3 Å².